The van der Waals surface area contributed by atoms with E-state index in [1.807, 2.05) is 23.1 Å². The van der Waals surface area contributed by atoms with Crippen LogP contribution in [0.15, 0.2) is 46.6 Å². The topological polar surface area (TPSA) is 47.9 Å². The van der Waals surface area contributed by atoms with Crippen LogP contribution in [0.2, 0.25) is 0 Å². The predicted octanol–water partition coefficient (Wildman–Crippen LogP) is 4.53. The van der Waals surface area contributed by atoms with Gasteiger partial charge in [0.2, 0.25) is 5.96 Å². The third-order valence-electron chi connectivity index (χ3n) is 5.79. The van der Waals surface area contributed by atoms with Crippen LogP contribution in [0.3, 0.4) is 0 Å². The van der Waals surface area contributed by atoms with Gasteiger partial charge < -0.3 is 10.2 Å². The van der Waals surface area contributed by atoms with Gasteiger partial charge in [0.1, 0.15) is 0 Å². The van der Waals surface area contributed by atoms with Crippen molar-refractivity contribution in [2.75, 3.05) is 26.2 Å². The van der Waals surface area contributed by atoms with E-state index in [0.717, 1.165) is 75.4 Å². The molecule has 0 aliphatic carbocycles. The van der Waals surface area contributed by atoms with Gasteiger partial charge >= 0.3 is 0 Å². The third kappa shape index (κ3) is 5.64. The lowest BCUT2D eigenvalue weighted by Crippen LogP contribution is -2.52. The van der Waals surface area contributed by atoms with Crippen LogP contribution in [0.4, 0.5) is 0 Å². The molecule has 2 aliphatic heterocycles. The summed E-state index contributed by atoms with van der Waals surface area (Å²) in [7, 11) is 0. The van der Waals surface area contributed by atoms with E-state index in [4.69, 9.17) is 11.6 Å². The van der Waals surface area contributed by atoms with Crippen LogP contribution in [0.25, 0.3) is 0 Å². The highest BCUT2D eigenvalue weighted by atomic mass is 35.5. The van der Waals surface area contributed by atoms with E-state index >= 15 is 0 Å². The van der Waals surface area contributed by atoms with Crippen molar-refractivity contribution in [3.8, 4) is 0 Å². The molecular weight excluding hydrogens is 396 g/mol. The van der Waals surface area contributed by atoms with E-state index in [1.165, 1.54) is 5.56 Å². The minimum absolute atomic E-state index is 0.119. The van der Waals surface area contributed by atoms with E-state index in [1.54, 1.807) is 0 Å². The number of amides is 1. The van der Waals surface area contributed by atoms with Crippen molar-refractivity contribution in [1.82, 2.24) is 15.1 Å². The number of benzene rings is 1. The second kappa shape index (κ2) is 11.5. The van der Waals surface area contributed by atoms with Crippen LogP contribution in [-0.4, -0.2) is 53.2 Å². The fourth-order valence-corrected chi connectivity index (χ4v) is 4.29. The summed E-state index contributed by atoms with van der Waals surface area (Å²) in [5, 5.41) is 3.72. The lowest BCUT2D eigenvalue weighted by molar-refractivity contribution is -0.124. The van der Waals surface area contributed by atoms with E-state index in [-0.39, 0.29) is 11.3 Å². The van der Waals surface area contributed by atoms with Gasteiger partial charge in [0.15, 0.2) is 0 Å². The molecule has 2 heterocycles. The second-order valence-corrected chi connectivity index (χ2v) is 8.67. The van der Waals surface area contributed by atoms with E-state index in [2.05, 4.69) is 41.2 Å². The average Bonchev–Trinajstić information content (AvgIpc) is 3.25. The number of fused-ring (bicyclic) bond motifs is 1. The fraction of sp³-hybridized carbons (Fsp3) is 0.583. The lowest BCUT2D eigenvalue weighted by Gasteiger charge is -2.38. The van der Waals surface area contributed by atoms with Crippen LogP contribution in [0.1, 0.15) is 57.9 Å². The minimum Gasteiger partial charge on any atom is -0.314 e. The van der Waals surface area contributed by atoms with Crippen molar-refractivity contribution < 1.29 is 4.79 Å². The summed E-state index contributed by atoms with van der Waals surface area (Å²) in [6, 6.07) is 10.3. The van der Waals surface area contributed by atoms with Crippen molar-refractivity contribution in [3.05, 3.63) is 47.2 Å². The molecule has 1 aromatic rings. The van der Waals surface area contributed by atoms with Crippen molar-refractivity contribution in [1.29, 1.82) is 0 Å². The Balaban J connectivity index is 1.69. The molecule has 0 bridgehead atoms. The smallest absolute Gasteiger partial charge is 0.259 e. The third-order valence-corrected chi connectivity index (χ3v) is 6.32. The molecule has 0 aromatic heterocycles. The first kappa shape index (κ1) is 22.8. The van der Waals surface area contributed by atoms with Gasteiger partial charge in [0.05, 0.1) is 12.1 Å². The van der Waals surface area contributed by atoms with Crippen molar-refractivity contribution in [2.45, 2.75) is 64.3 Å². The molecule has 1 N–H and O–H groups in total. The lowest BCUT2D eigenvalue weighted by atomic mass is 10.0. The number of alkyl halides is 1. The summed E-state index contributed by atoms with van der Waals surface area (Å²) in [6.45, 7) is 7.97. The Morgan fingerprint density at radius 2 is 1.97 bits per heavy atom. The normalized spacial score (nSPS) is 17.4. The fourth-order valence-electron chi connectivity index (χ4n) is 4.13. The number of aliphatic imine (C=N–C) groups is 1. The van der Waals surface area contributed by atoms with Gasteiger partial charge in [-0.1, -0.05) is 57.0 Å². The molecule has 0 spiro atoms. The van der Waals surface area contributed by atoms with E-state index < -0.39 is 0 Å². The molecule has 30 heavy (non-hydrogen) atoms. The summed E-state index contributed by atoms with van der Waals surface area (Å²) in [5.41, 5.74) is 3.28. The number of hydrogen-bond acceptors (Lipinski definition) is 4. The molecule has 0 fully saturated rings. The maximum Gasteiger partial charge on any atom is 0.259 e. The summed E-state index contributed by atoms with van der Waals surface area (Å²) in [6.07, 6.45) is 5.90. The van der Waals surface area contributed by atoms with Gasteiger partial charge in [-0.3, -0.25) is 14.7 Å². The molecule has 2 aliphatic rings. The van der Waals surface area contributed by atoms with Crippen LogP contribution >= 0.6 is 11.6 Å². The van der Waals surface area contributed by atoms with Crippen molar-refractivity contribution in [3.63, 3.8) is 0 Å². The number of nitrogens with one attached hydrogen (secondary N) is 1. The molecule has 0 radical (unpaired) electrons. The van der Waals surface area contributed by atoms with Gasteiger partial charge in [-0.15, -0.1) is 11.6 Å². The number of unbranched alkanes of at least 4 members (excludes halogenated alkanes) is 1. The van der Waals surface area contributed by atoms with Crippen LogP contribution < -0.4 is 5.32 Å². The molecule has 6 heteroatoms. The number of halogens is 1. The van der Waals surface area contributed by atoms with E-state index in [9.17, 15) is 4.79 Å². The molecule has 5 nitrogen and oxygen atoms in total. The molecule has 164 valence electrons. The number of carbonyl (C=O) groups is 1. The van der Waals surface area contributed by atoms with Gasteiger partial charge in [0.25, 0.3) is 5.91 Å². The largest absolute Gasteiger partial charge is 0.314 e. The Morgan fingerprint density at radius 1 is 1.17 bits per heavy atom. The molecule has 1 amide bonds. The monoisotopic (exact) mass is 430 g/mol. The van der Waals surface area contributed by atoms with Crippen LogP contribution in [0, 0.1) is 0 Å². The molecule has 1 aromatic carbocycles. The average molecular weight is 431 g/mol. The van der Waals surface area contributed by atoms with Crippen molar-refractivity contribution >= 4 is 23.5 Å². The Morgan fingerprint density at radius 3 is 2.70 bits per heavy atom. The number of hydrogen-bond donors (Lipinski definition) is 1. The van der Waals surface area contributed by atoms with Gasteiger partial charge in [-0.05, 0) is 31.2 Å². The van der Waals surface area contributed by atoms with Gasteiger partial charge in [-0.2, -0.15) is 0 Å². The first-order valence-corrected chi connectivity index (χ1v) is 11.8. The number of allylic oxidation sites excluding steroid dienone is 1. The summed E-state index contributed by atoms with van der Waals surface area (Å²) in [5.74, 6) is 0.974. The molecule has 0 saturated heterocycles. The second-order valence-electron chi connectivity index (χ2n) is 8.06. The number of carbonyl (C=O) groups excluding carboxylic acids is 1. The minimum atomic E-state index is 0.119. The molecule has 1 unspecified atom stereocenters. The molecular formula is C24H35ClN4O. The number of guanidine groups is 1. The van der Waals surface area contributed by atoms with Gasteiger partial charge in [-0.25, -0.2) is 0 Å². The highest BCUT2D eigenvalue weighted by Gasteiger charge is 2.37. The zero-order valence-corrected chi connectivity index (χ0v) is 19.1. The summed E-state index contributed by atoms with van der Waals surface area (Å²) >= 11 is 6.26. The maximum atomic E-state index is 13.5. The Labute approximate surface area is 186 Å². The molecule has 0 saturated carbocycles. The summed E-state index contributed by atoms with van der Waals surface area (Å²) in [4.78, 5) is 22.3. The SMILES string of the molecule is CCCC1=C(CNCc2ccccc2)C(=O)N(CCCCC(Cl)CC)C2=NCCN21. The maximum absolute atomic E-state index is 13.5. The van der Waals surface area contributed by atoms with Gasteiger partial charge in [0, 0.05) is 37.3 Å². The quantitative estimate of drug-likeness (QED) is 0.391. The Kier molecular flexibility index (Phi) is 8.76. The Bertz CT molecular complexity index is 762. The predicted molar refractivity (Wildman–Crippen MR) is 125 cm³/mol. The zero-order chi connectivity index (χ0) is 21.3. The summed E-state index contributed by atoms with van der Waals surface area (Å²) < 4.78 is 0. The standard InChI is InChI=1S/C24H35ClN4O/c1-3-10-22-21(18-26-17-19-11-6-5-7-12-19)23(30)29(24-27-14-16-28(22)24)15-9-8-13-20(25)4-2/h5-7,11-12,20,26H,3-4,8-10,13-18H2,1-2H3. The van der Waals surface area contributed by atoms with E-state index in [0.29, 0.717) is 13.1 Å². The first-order chi connectivity index (χ1) is 14.7. The zero-order valence-electron chi connectivity index (χ0n) is 18.4. The number of rotatable bonds is 12. The number of nitrogens with zero attached hydrogens (tertiary/aromatic N) is 3. The Hall–Kier alpha value is -1.85. The van der Waals surface area contributed by atoms with Crippen LogP contribution in [-0.2, 0) is 11.3 Å². The highest BCUT2D eigenvalue weighted by Crippen LogP contribution is 2.28. The molecule has 1 atom stereocenters. The van der Waals surface area contributed by atoms with Crippen molar-refractivity contribution in [2.24, 2.45) is 4.99 Å². The highest BCUT2D eigenvalue weighted by molar-refractivity contribution is 6.20. The molecule has 3 rings (SSSR count). The van der Waals surface area contributed by atoms with Crippen LogP contribution in [0.5, 0.6) is 0 Å². The first-order valence-electron chi connectivity index (χ1n) is 11.4.